The third kappa shape index (κ3) is 3.18. The predicted octanol–water partition coefficient (Wildman–Crippen LogP) is 2.83. The first-order chi connectivity index (χ1) is 8.86. The maximum Gasteiger partial charge on any atom is 0.416 e. The van der Waals surface area contributed by atoms with Gasteiger partial charge in [-0.1, -0.05) is 6.07 Å². The molecule has 0 amide bonds. The van der Waals surface area contributed by atoms with Gasteiger partial charge < -0.3 is 10.5 Å². The van der Waals surface area contributed by atoms with E-state index in [2.05, 4.69) is 5.10 Å². The van der Waals surface area contributed by atoms with Crippen LogP contribution in [-0.4, -0.2) is 9.78 Å². The lowest BCUT2D eigenvalue weighted by Gasteiger charge is -2.10. The summed E-state index contributed by atoms with van der Waals surface area (Å²) < 4.78 is 44.3. The molecule has 0 saturated carbocycles. The number of aryl methyl sites for hydroxylation is 1. The lowest BCUT2D eigenvalue weighted by atomic mass is 10.2. The number of nitrogens with two attached hydrogens (primary N) is 1. The van der Waals surface area contributed by atoms with E-state index in [4.69, 9.17) is 10.5 Å². The van der Waals surface area contributed by atoms with Gasteiger partial charge in [-0.2, -0.15) is 18.3 Å². The number of alkyl halides is 3. The van der Waals surface area contributed by atoms with Gasteiger partial charge in [-0.25, -0.2) is 4.68 Å². The first kappa shape index (κ1) is 13.3. The molecular formula is C12H12F3N3O. The van der Waals surface area contributed by atoms with Crippen LogP contribution >= 0.6 is 0 Å². The lowest BCUT2D eigenvalue weighted by molar-refractivity contribution is -0.137. The zero-order valence-electron chi connectivity index (χ0n) is 10.1. The fraction of sp³-hybridized carbons (Fsp3) is 0.250. The molecule has 2 N–H and O–H groups in total. The highest BCUT2D eigenvalue weighted by atomic mass is 19.4. The van der Waals surface area contributed by atoms with Crippen molar-refractivity contribution in [2.45, 2.75) is 19.8 Å². The number of anilines is 1. The van der Waals surface area contributed by atoms with Gasteiger partial charge in [0, 0.05) is 11.8 Å². The maximum atomic E-state index is 12.5. The maximum absolute atomic E-state index is 12.5. The third-order valence-corrected chi connectivity index (χ3v) is 2.51. The van der Waals surface area contributed by atoms with E-state index in [0.29, 0.717) is 5.82 Å². The van der Waals surface area contributed by atoms with Gasteiger partial charge in [-0.05, 0) is 25.1 Å². The second-order valence-electron chi connectivity index (χ2n) is 4.01. The normalized spacial score (nSPS) is 11.6. The summed E-state index contributed by atoms with van der Waals surface area (Å²) in [5.41, 5.74) is 5.51. The summed E-state index contributed by atoms with van der Waals surface area (Å²) in [7, 11) is 0. The summed E-state index contributed by atoms with van der Waals surface area (Å²) in [4.78, 5) is 0. The second kappa shape index (κ2) is 4.83. The average molecular weight is 271 g/mol. The Bertz CT molecular complexity index is 578. The van der Waals surface area contributed by atoms with Crippen LogP contribution in [0.1, 0.15) is 11.3 Å². The van der Waals surface area contributed by atoms with Crippen LogP contribution in [0.25, 0.3) is 0 Å². The second-order valence-corrected chi connectivity index (χ2v) is 4.01. The Morgan fingerprint density at radius 2 is 2.05 bits per heavy atom. The summed E-state index contributed by atoms with van der Waals surface area (Å²) in [5, 5.41) is 3.94. The first-order valence-electron chi connectivity index (χ1n) is 5.46. The molecule has 0 aliphatic heterocycles. The first-order valence-corrected chi connectivity index (χ1v) is 5.46. The zero-order valence-corrected chi connectivity index (χ0v) is 10.1. The molecule has 0 aliphatic carbocycles. The highest BCUT2D eigenvalue weighted by Gasteiger charge is 2.30. The van der Waals surface area contributed by atoms with E-state index in [-0.39, 0.29) is 12.5 Å². The SMILES string of the molecule is Cc1cc(N)nn1COc1cccc(C(F)(F)F)c1. The number of benzene rings is 1. The van der Waals surface area contributed by atoms with Crippen molar-refractivity contribution in [3.05, 3.63) is 41.6 Å². The standard InChI is InChI=1S/C12H12F3N3O/c1-8-5-11(16)17-18(8)7-19-10-4-2-3-9(6-10)12(13,14)15/h2-6H,7H2,1H3,(H2,16,17). The lowest BCUT2D eigenvalue weighted by Crippen LogP contribution is -2.10. The van der Waals surface area contributed by atoms with Gasteiger partial charge in [0.2, 0.25) is 0 Å². The summed E-state index contributed by atoms with van der Waals surface area (Å²) in [6.45, 7) is 1.78. The van der Waals surface area contributed by atoms with Gasteiger partial charge in [0.25, 0.3) is 0 Å². The Morgan fingerprint density at radius 1 is 1.32 bits per heavy atom. The molecule has 4 nitrogen and oxygen atoms in total. The largest absolute Gasteiger partial charge is 0.471 e. The molecule has 0 atom stereocenters. The fourth-order valence-electron chi connectivity index (χ4n) is 1.56. The molecule has 0 bridgehead atoms. The van der Waals surface area contributed by atoms with Crippen LogP contribution < -0.4 is 10.5 Å². The molecule has 7 heteroatoms. The predicted molar refractivity (Wildman–Crippen MR) is 63.4 cm³/mol. The zero-order chi connectivity index (χ0) is 14.0. The van der Waals surface area contributed by atoms with Gasteiger partial charge in [-0.15, -0.1) is 0 Å². The number of nitrogen functional groups attached to an aromatic ring is 1. The summed E-state index contributed by atoms with van der Waals surface area (Å²) in [5.74, 6) is 0.466. The Hall–Kier alpha value is -2.18. The molecule has 19 heavy (non-hydrogen) atoms. The minimum atomic E-state index is -4.38. The molecular weight excluding hydrogens is 259 g/mol. The third-order valence-electron chi connectivity index (χ3n) is 2.51. The molecule has 0 spiro atoms. The van der Waals surface area contributed by atoms with E-state index < -0.39 is 11.7 Å². The summed E-state index contributed by atoms with van der Waals surface area (Å²) in [6.07, 6.45) is -4.38. The van der Waals surface area contributed by atoms with Crippen LogP contribution in [0.4, 0.5) is 19.0 Å². The van der Waals surface area contributed by atoms with E-state index in [1.165, 1.54) is 16.8 Å². The van der Waals surface area contributed by atoms with Crippen molar-refractivity contribution in [3.63, 3.8) is 0 Å². The number of aromatic nitrogens is 2. The molecule has 2 aromatic rings. The van der Waals surface area contributed by atoms with Crippen molar-refractivity contribution in [1.29, 1.82) is 0 Å². The molecule has 0 fully saturated rings. The number of nitrogens with zero attached hydrogens (tertiary/aromatic N) is 2. The van der Waals surface area contributed by atoms with Crippen molar-refractivity contribution in [2.75, 3.05) is 5.73 Å². The van der Waals surface area contributed by atoms with Crippen LogP contribution in [0.2, 0.25) is 0 Å². The topological polar surface area (TPSA) is 53.1 Å². The minimum absolute atomic E-state index is 0.00431. The summed E-state index contributed by atoms with van der Waals surface area (Å²) in [6, 6.07) is 6.33. The number of ether oxygens (including phenoxy) is 1. The Morgan fingerprint density at radius 3 is 2.63 bits per heavy atom. The van der Waals surface area contributed by atoms with Gasteiger partial charge in [0.15, 0.2) is 6.73 Å². The van der Waals surface area contributed by atoms with E-state index in [0.717, 1.165) is 17.8 Å². The molecule has 102 valence electrons. The van der Waals surface area contributed by atoms with Crippen molar-refractivity contribution < 1.29 is 17.9 Å². The molecule has 1 aromatic heterocycles. The smallest absolute Gasteiger partial charge is 0.416 e. The highest BCUT2D eigenvalue weighted by Crippen LogP contribution is 2.31. The number of halogens is 3. The quantitative estimate of drug-likeness (QED) is 0.933. The molecule has 1 aromatic carbocycles. The molecule has 0 saturated heterocycles. The van der Waals surface area contributed by atoms with E-state index in [1.807, 2.05) is 0 Å². The van der Waals surface area contributed by atoms with Crippen molar-refractivity contribution in [2.24, 2.45) is 0 Å². The van der Waals surface area contributed by atoms with Gasteiger partial charge in [0.05, 0.1) is 5.56 Å². The van der Waals surface area contributed by atoms with Gasteiger partial charge in [0.1, 0.15) is 11.6 Å². The van der Waals surface area contributed by atoms with Crippen molar-refractivity contribution in [1.82, 2.24) is 9.78 Å². The Balaban J connectivity index is 2.10. The van der Waals surface area contributed by atoms with Crippen LogP contribution in [0.5, 0.6) is 5.75 Å². The Kier molecular flexibility index (Phi) is 3.37. The van der Waals surface area contributed by atoms with E-state index in [9.17, 15) is 13.2 Å². The van der Waals surface area contributed by atoms with Crippen LogP contribution in [0.3, 0.4) is 0 Å². The van der Waals surface area contributed by atoms with Crippen molar-refractivity contribution in [3.8, 4) is 5.75 Å². The van der Waals surface area contributed by atoms with Gasteiger partial charge >= 0.3 is 6.18 Å². The summed E-state index contributed by atoms with van der Waals surface area (Å²) >= 11 is 0. The molecule has 0 aliphatic rings. The number of rotatable bonds is 3. The minimum Gasteiger partial charge on any atom is -0.471 e. The van der Waals surface area contributed by atoms with Crippen molar-refractivity contribution >= 4 is 5.82 Å². The highest BCUT2D eigenvalue weighted by molar-refractivity contribution is 5.30. The van der Waals surface area contributed by atoms with E-state index in [1.54, 1.807) is 13.0 Å². The fourth-order valence-corrected chi connectivity index (χ4v) is 1.56. The average Bonchev–Trinajstić information content (AvgIpc) is 2.64. The molecule has 1 heterocycles. The van der Waals surface area contributed by atoms with Crippen LogP contribution in [-0.2, 0) is 12.9 Å². The number of hydrogen-bond acceptors (Lipinski definition) is 3. The Labute approximate surface area is 107 Å². The molecule has 0 unspecified atom stereocenters. The molecule has 0 radical (unpaired) electrons. The number of hydrogen-bond donors (Lipinski definition) is 1. The van der Waals surface area contributed by atoms with E-state index >= 15 is 0 Å². The van der Waals surface area contributed by atoms with Gasteiger partial charge in [-0.3, -0.25) is 0 Å². The van der Waals surface area contributed by atoms with Crippen LogP contribution in [0.15, 0.2) is 30.3 Å². The monoisotopic (exact) mass is 271 g/mol. The molecule has 2 rings (SSSR count). The van der Waals surface area contributed by atoms with Crippen LogP contribution in [0, 0.1) is 6.92 Å².